The number of carboxylic acid groups (broad SMARTS) is 1. The normalized spacial score (nSPS) is 14.7. The third-order valence-electron chi connectivity index (χ3n) is 7.44. The van der Waals surface area contributed by atoms with Crippen molar-refractivity contribution in [2.24, 2.45) is 5.92 Å². The molecule has 0 spiro atoms. The van der Waals surface area contributed by atoms with E-state index in [0.29, 0.717) is 29.0 Å². The SMILES string of the molecule is CCn1nc(-c2nc(-c3cc(C)c(CCN4CCC(C(=O)O)CC4)c(C)c3)no2)cc1-c1ccccc1Cl. The first kappa shape index (κ1) is 26.1. The Morgan fingerprint density at radius 1 is 1.13 bits per heavy atom. The molecule has 0 amide bonds. The number of likely N-dealkylation sites (tertiary alicyclic amines) is 1. The second kappa shape index (κ2) is 11.1. The predicted molar refractivity (Wildman–Crippen MR) is 147 cm³/mol. The van der Waals surface area contributed by atoms with Crippen LogP contribution in [0.4, 0.5) is 0 Å². The number of carbonyl (C=O) groups is 1. The lowest BCUT2D eigenvalue weighted by Gasteiger charge is -2.30. The smallest absolute Gasteiger partial charge is 0.306 e. The van der Waals surface area contributed by atoms with Crippen LogP contribution < -0.4 is 0 Å². The minimum absolute atomic E-state index is 0.202. The first-order valence-electron chi connectivity index (χ1n) is 13.1. The Bertz CT molecular complexity index is 1430. The molecule has 0 radical (unpaired) electrons. The summed E-state index contributed by atoms with van der Waals surface area (Å²) in [6.07, 6.45) is 2.37. The van der Waals surface area contributed by atoms with Crippen molar-refractivity contribution in [1.82, 2.24) is 24.8 Å². The van der Waals surface area contributed by atoms with Crippen LogP contribution in [0.15, 0.2) is 47.0 Å². The number of nitrogens with zero attached hydrogens (tertiary/aromatic N) is 5. The number of hydrogen-bond acceptors (Lipinski definition) is 6. The van der Waals surface area contributed by atoms with Crippen molar-refractivity contribution in [3.63, 3.8) is 0 Å². The van der Waals surface area contributed by atoms with Gasteiger partial charge in [0, 0.05) is 29.2 Å². The number of benzene rings is 2. The van der Waals surface area contributed by atoms with Gasteiger partial charge in [-0.2, -0.15) is 10.1 Å². The van der Waals surface area contributed by atoms with E-state index in [9.17, 15) is 9.90 Å². The Balaban J connectivity index is 1.32. The molecule has 8 nitrogen and oxygen atoms in total. The van der Waals surface area contributed by atoms with E-state index in [1.54, 1.807) is 0 Å². The van der Waals surface area contributed by atoms with E-state index in [4.69, 9.17) is 16.1 Å². The molecule has 4 aromatic rings. The molecule has 1 N–H and O–H groups in total. The summed E-state index contributed by atoms with van der Waals surface area (Å²) >= 11 is 6.44. The number of aromatic nitrogens is 4. The van der Waals surface area contributed by atoms with Gasteiger partial charge in [-0.05, 0) is 94.1 Å². The molecule has 0 aliphatic carbocycles. The number of aryl methyl sites for hydroxylation is 3. The molecule has 3 heterocycles. The molecule has 198 valence electrons. The molecule has 2 aromatic carbocycles. The summed E-state index contributed by atoms with van der Waals surface area (Å²) in [5.74, 6) is 0.0205. The van der Waals surface area contributed by atoms with Crippen molar-refractivity contribution in [3.8, 4) is 34.2 Å². The van der Waals surface area contributed by atoms with Crippen molar-refractivity contribution in [2.45, 2.75) is 46.6 Å². The number of aliphatic carboxylic acids is 1. The Morgan fingerprint density at radius 3 is 2.50 bits per heavy atom. The Hall–Kier alpha value is -3.49. The van der Waals surface area contributed by atoms with Gasteiger partial charge in [0.1, 0.15) is 0 Å². The molecule has 0 bridgehead atoms. The zero-order chi connectivity index (χ0) is 26.8. The lowest BCUT2D eigenvalue weighted by Crippen LogP contribution is -2.37. The van der Waals surface area contributed by atoms with Gasteiger partial charge in [0.25, 0.3) is 5.89 Å². The van der Waals surface area contributed by atoms with Gasteiger partial charge in [0.05, 0.1) is 11.6 Å². The van der Waals surface area contributed by atoms with Gasteiger partial charge < -0.3 is 14.5 Å². The van der Waals surface area contributed by atoms with E-state index in [0.717, 1.165) is 55.7 Å². The molecule has 1 aliphatic rings. The maximum atomic E-state index is 11.2. The topological polar surface area (TPSA) is 97.3 Å². The second-order valence-electron chi connectivity index (χ2n) is 9.93. The van der Waals surface area contributed by atoms with Gasteiger partial charge in [-0.25, -0.2) is 0 Å². The van der Waals surface area contributed by atoms with E-state index >= 15 is 0 Å². The molecule has 5 rings (SSSR count). The molecular weight excluding hydrogens is 502 g/mol. The van der Waals surface area contributed by atoms with Gasteiger partial charge >= 0.3 is 5.97 Å². The van der Waals surface area contributed by atoms with Crippen molar-refractivity contribution in [2.75, 3.05) is 19.6 Å². The first-order chi connectivity index (χ1) is 18.3. The number of carboxylic acids is 1. The average Bonchev–Trinajstić information content (AvgIpc) is 3.56. The lowest BCUT2D eigenvalue weighted by atomic mass is 9.94. The van der Waals surface area contributed by atoms with Crippen LogP contribution in [-0.4, -0.2) is 55.5 Å². The lowest BCUT2D eigenvalue weighted by molar-refractivity contribution is -0.143. The maximum Gasteiger partial charge on any atom is 0.306 e. The van der Waals surface area contributed by atoms with Crippen LogP contribution in [0.3, 0.4) is 0 Å². The van der Waals surface area contributed by atoms with Crippen LogP contribution in [0.1, 0.15) is 36.5 Å². The summed E-state index contributed by atoms with van der Waals surface area (Å²) in [6.45, 7) is 9.54. The highest BCUT2D eigenvalue weighted by Crippen LogP contribution is 2.32. The summed E-state index contributed by atoms with van der Waals surface area (Å²) < 4.78 is 7.51. The summed E-state index contributed by atoms with van der Waals surface area (Å²) in [5, 5.41) is 18.8. The monoisotopic (exact) mass is 533 g/mol. The van der Waals surface area contributed by atoms with Crippen molar-refractivity contribution < 1.29 is 14.4 Å². The highest BCUT2D eigenvalue weighted by Gasteiger charge is 2.24. The van der Waals surface area contributed by atoms with E-state index < -0.39 is 5.97 Å². The fourth-order valence-electron chi connectivity index (χ4n) is 5.28. The predicted octanol–water partition coefficient (Wildman–Crippen LogP) is 5.90. The van der Waals surface area contributed by atoms with E-state index in [2.05, 4.69) is 46.1 Å². The third kappa shape index (κ3) is 5.37. The van der Waals surface area contributed by atoms with Crippen LogP contribution in [0.25, 0.3) is 34.2 Å². The van der Waals surface area contributed by atoms with Crippen LogP contribution in [0.5, 0.6) is 0 Å². The van der Waals surface area contributed by atoms with Crippen molar-refractivity contribution in [3.05, 3.63) is 64.2 Å². The van der Waals surface area contributed by atoms with Gasteiger partial charge in [0.15, 0.2) is 5.69 Å². The standard InChI is InChI=1S/C29H32ClN5O3/c1-4-35-26(23-7-5-6-8-24(23)30)17-25(32-35)28-31-27(33-38-28)21-15-18(2)22(19(3)16-21)11-14-34-12-9-20(10-13-34)29(36)37/h5-8,15-17,20H,4,9-14H2,1-3H3,(H,36,37). The summed E-state index contributed by atoms with van der Waals surface area (Å²) in [4.78, 5) is 18.2. The highest BCUT2D eigenvalue weighted by atomic mass is 35.5. The molecular formula is C29H32ClN5O3. The van der Waals surface area contributed by atoms with Gasteiger partial charge in [0.2, 0.25) is 5.82 Å². The summed E-state index contributed by atoms with van der Waals surface area (Å²) in [7, 11) is 0. The zero-order valence-corrected chi connectivity index (χ0v) is 22.7. The Labute approximate surface area is 227 Å². The Kier molecular flexibility index (Phi) is 7.63. The number of rotatable bonds is 8. The van der Waals surface area contributed by atoms with E-state index in [1.165, 1.54) is 16.7 Å². The molecule has 1 saturated heterocycles. The molecule has 0 saturated carbocycles. The van der Waals surface area contributed by atoms with Crippen molar-refractivity contribution >= 4 is 17.6 Å². The first-order valence-corrected chi connectivity index (χ1v) is 13.4. The van der Waals surface area contributed by atoms with Gasteiger partial charge in [-0.15, -0.1) is 0 Å². The largest absolute Gasteiger partial charge is 0.481 e. The zero-order valence-electron chi connectivity index (χ0n) is 21.9. The second-order valence-corrected chi connectivity index (χ2v) is 10.3. The van der Waals surface area contributed by atoms with E-state index in [-0.39, 0.29) is 5.92 Å². The summed E-state index contributed by atoms with van der Waals surface area (Å²) in [5.41, 5.74) is 6.99. The number of piperidine rings is 1. The van der Waals surface area contributed by atoms with Crippen molar-refractivity contribution in [1.29, 1.82) is 0 Å². The molecule has 9 heteroatoms. The minimum Gasteiger partial charge on any atom is -0.481 e. The fourth-order valence-corrected chi connectivity index (χ4v) is 5.52. The maximum absolute atomic E-state index is 11.2. The molecule has 2 aromatic heterocycles. The van der Waals surface area contributed by atoms with E-state index in [1.807, 2.05) is 41.9 Å². The van der Waals surface area contributed by atoms with Crippen LogP contribution in [-0.2, 0) is 17.8 Å². The Morgan fingerprint density at radius 2 is 1.84 bits per heavy atom. The molecule has 1 aliphatic heterocycles. The molecule has 0 atom stereocenters. The molecule has 0 unspecified atom stereocenters. The van der Waals surface area contributed by atoms with Gasteiger partial charge in [-0.3, -0.25) is 9.48 Å². The minimum atomic E-state index is -0.670. The van der Waals surface area contributed by atoms with Crippen LogP contribution in [0, 0.1) is 19.8 Å². The van der Waals surface area contributed by atoms with Gasteiger partial charge in [-0.1, -0.05) is 35.0 Å². The molecule has 1 fully saturated rings. The quantitative estimate of drug-likeness (QED) is 0.301. The van der Waals surface area contributed by atoms with Crippen LogP contribution in [0.2, 0.25) is 5.02 Å². The fraction of sp³-hybridized carbons (Fsp3) is 0.379. The summed E-state index contributed by atoms with van der Waals surface area (Å²) in [6, 6.07) is 13.8. The third-order valence-corrected chi connectivity index (χ3v) is 7.77. The number of hydrogen-bond donors (Lipinski definition) is 1. The average molecular weight is 534 g/mol. The number of halogens is 1. The molecule has 38 heavy (non-hydrogen) atoms. The van der Waals surface area contributed by atoms with Crippen LogP contribution >= 0.6 is 11.6 Å². The highest BCUT2D eigenvalue weighted by molar-refractivity contribution is 6.33.